The van der Waals surface area contributed by atoms with Gasteiger partial charge in [0.1, 0.15) is 0 Å². The molecule has 1 aliphatic rings. The molecule has 7 heteroatoms. The Morgan fingerprint density at radius 3 is 2.86 bits per heavy atom. The van der Waals surface area contributed by atoms with Crippen LogP contribution in [0.2, 0.25) is 5.02 Å². The highest BCUT2D eigenvalue weighted by molar-refractivity contribution is 6.34. The van der Waals surface area contributed by atoms with Crippen molar-refractivity contribution in [1.82, 2.24) is 5.32 Å². The number of ether oxygens (including phenoxy) is 1. The third-order valence-electron chi connectivity index (χ3n) is 2.98. The van der Waals surface area contributed by atoms with Gasteiger partial charge in [-0.1, -0.05) is 11.6 Å². The van der Waals surface area contributed by atoms with E-state index in [0.717, 1.165) is 6.54 Å². The molecule has 1 aromatic rings. The Bertz CT molecular complexity index is 530. The van der Waals surface area contributed by atoms with Crippen LogP contribution >= 0.6 is 11.6 Å². The van der Waals surface area contributed by atoms with Gasteiger partial charge in [0.2, 0.25) is 11.8 Å². The van der Waals surface area contributed by atoms with Crippen molar-refractivity contribution < 1.29 is 14.3 Å². The van der Waals surface area contributed by atoms with Gasteiger partial charge in [0.15, 0.2) is 0 Å². The minimum absolute atomic E-state index is 0.104. The third kappa shape index (κ3) is 5.00. The molecule has 1 fully saturated rings. The molecule has 0 bridgehead atoms. The van der Waals surface area contributed by atoms with Gasteiger partial charge in [-0.3, -0.25) is 9.59 Å². The Hall–Kier alpha value is -1.63. The highest BCUT2D eigenvalue weighted by Gasteiger charge is 2.17. The van der Waals surface area contributed by atoms with Crippen LogP contribution in [0.5, 0.6) is 0 Å². The Morgan fingerprint density at radius 2 is 2.24 bits per heavy atom. The Balaban J connectivity index is 1.91. The fourth-order valence-corrected chi connectivity index (χ4v) is 2.28. The van der Waals surface area contributed by atoms with Crippen molar-refractivity contribution in [1.29, 1.82) is 0 Å². The molecule has 21 heavy (non-hydrogen) atoms. The van der Waals surface area contributed by atoms with Gasteiger partial charge in [0.05, 0.1) is 29.8 Å². The first kappa shape index (κ1) is 15.8. The number of anilines is 2. The molecule has 0 spiro atoms. The number of hydrogen-bond acceptors (Lipinski definition) is 4. The lowest BCUT2D eigenvalue weighted by Crippen LogP contribution is -2.40. The second-order valence-corrected chi connectivity index (χ2v) is 5.23. The highest BCUT2D eigenvalue weighted by Crippen LogP contribution is 2.25. The van der Waals surface area contributed by atoms with Crippen molar-refractivity contribution in [3.63, 3.8) is 0 Å². The second-order valence-electron chi connectivity index (χ2n) is 4.83. The minimum Gasteiger partial charge on any atom is -0.375 e. The zero-order valence-corrected chi connectivity index (χ0v) is 12.5. The summed E-state index contributed by atoms with van der Waals surface area (Å²) in [4.78, 5) is 22.9. The number of morpholine rings is 1. The molecule has 1 atom stereocenters. The summed E-state index contributed by atoms with van der Waals surface area (Å²) in [7, 11) is 0. The Kier molecular flexibility index (Phi) is 5.55. The SMILES string of the molecule is CC(=O)Nc1ccc(NC(=O)CC2CNCCO2)cc1Cl. The van der Waals surface area contributed by atoms with Gasteiger partial charge in [0.25, 0.3) is 0 Å². The van der Waals surface area contributed by atoms with Gasteiger partial charge in [0, 0.05) is 25.7 Å². The van der Waals surface area contributed by atoms with Crippen molar-refractivity contribution in [2.45, 2.75) is 19.4 Å². The van der Waals surface area contributed by atoms with Crippen LogP contribution in [0.1, 0.15) is 13.3 Å². The molecule has 0 aromatic heterocycles. The molecule has 2 rings (SSSR count). The third-order valence-corrected chi connectivity index (χ3v) is 3.29. The molecular weight excluding hydrogens is 294 g/mol. The number of carbonyl (C=O) groups excluding carboxylic acids is 2. The standard InChI is InChI=1S/C14H18ClN3O3/c1-9(19)17-13-3-2-10(6-12(13)15)18-14(20)7-11-8-16-4-5-21-11/h2-3,6,11,16H,4-5,7-8H2,1H3,(H,17,19)(H,18,20). The normalized spacial score (nSPS) is 18.1. The summed E-state index contributed by atoms with van der Waals surface area (Å²) in [6.45, 7) is 3.52. The van der Waals surface area contributed by atoms with E-state index in [-0.39, 0.29) is 24.3 Å². The van der Waals surface area contributed by atoms with Crippen LogP contribution in [-0.4, -0.2) is 37.6 Å². The molecule has 2 amide bonds. The summed E-state index contributed by atoms with van der Waals surface area (Å²) in [6.07, 6.45) is 0.186. The van der Waals surface area contributed by atoms with Gasteiger partial charge >= 0.3 is 0 Å². The molecule has 3 N–H and O–H groups in total. The summed E-state index contributed by atoms with van der Waals surface area (Å²) in [5.41, 5.74) is 1.10. The van der Waals surface area contributed by atoms with Crippen molar-refractivity contribution in [3.8, 4) is 0 Å². The van der Waals surface area contributed by atoms with E-state index in [2.05, 4.69) is 16.0 Å². The summed E-state index contributed by atoms with van der Waals surface area (Å²) < 4.78 is 5.48. The van der Waals surface area contributed by atoms with Crippen molar-refractivity contribution in [3.05, 3.63) is 23.2 Å². The Labute approximate surface area is 128 Å². The number of benzene rings is 1. The first-order chi connectivity index (χ1) is 10.0. The summed E-state index contributed by atoms with van der Waals surface area (Å²) in [5, 5.41) is 8.92. The molecule has 1 aromatic carbocycles. The zero-order chi connectivity index (χ0) is 15.2. The minimum atomic E-state index is -0.198. The van der Waals surface area contributed by atoms with E-state index in [1.807, 2.05) is 0 Å². The smallest absolute Gasteiger partial charge is 0.227 e. The van der Waals surface area contributed by atoms with Gasteiger partial charge in [-0.25, -0.2) is 0 Å². The van der Waals surface area contributed by atoms with E-state index in [4.69, 9.17) is 16.3 Å². The van der Waals surface area contributed by atoms with E-state index < -0.39 is 0 Å². The zero-order valence-electron chi connectivity index (χ0n) is 11.7. The number of nitrogens with one attached hydrogen (secondary N) is 3. The lowest BCUT2D eigenvalue weighted by atomic mass is 10.2. The fraction of sp³-hybridized carbons (Fsp3) is 0.429. The monoisotopic (exact) mass is 311 g/mol. The fourth-order valence-electron chi connectivity index (χ4n) is 2.05. The largest absolute Gasteiger partial charge is 0.375 e. The lowest BCUT2D eigenvalue weighted by Gasteiger charge is -2.23. The molecule has 1 aliphatic heterocycles. The van der Waals surface area contributed by atoms with E-state index in [1.165, 1.54) is 6.92 Å². The number of hydrogen-bond donors (Lipinski definition) is 3. The molecule has 0 radical (unpaired) electrons. The first-order valence-corrected chi connectivity index (χ1v) is 7.11. The quantitative estimate of drug-likeness (QED) is 0.789. The van der Waals surface area contributed by atoms with E-state index in [9.17, 15) is 9.59 Å². The van der Waals surface area contributed by atoms with Gasteiger partial charge in [-0.15, -0.1) is 0 Å². The van der Waals surface area contributed by atoms with Crippen molar-refractivity contribution in [2.24, 2.45) is 0 Å². The second kappa shape index (κ2) is 7.40. The molecule has 6 nitrogen and oxygen atoms in total. The van der Waals surface area contributed by atoms with Crippen molar-refractivity contribution in [2.75, 3.05) is 30.3 Å². The number of carbonyl (C=O) groups is 2. The molecule has 1 heterocycles. The number of halogens is 1. The molecular formula is C14H18ClN3O3. The Morgan fingerprint density at radius 1 is 1.43 bits per heavy atom. The van der Waals surface area contributed by atoms with Crippen LogP contribution in [0.15, 0.2) is 18.2 Å². The van der Waals surface area contributed by atoms with E-state index in [0.29, 0.717) is 29.5 Å². The van der Waals surface area contributed by atoms with E-state index in [1.54, 1.807) is 18.2 Å². The molecule has 0 aliphatic carbocycles. The summed E-state index contributed by atoms with van der Waals surface area (Å²) in [6, 6.07) is 4.94. The van der Waals surface area contributed by atoms with Crippen molar-refractivity contribution >= 4 is 34.8 Å². The summed E-state index contributed by atoms with van der Waals surface area (Å²) >= 11 is 6.05. The maximum absolute atomic E-state index is 11.9. The topological polar surface area (TPSA) is 79.5 Å². The predicted molar refractivity (Wildman–Crippen MR) is 81.6 cm³/mol. The maximum atomic E-state index is 11.9. The van der Waals surface area contributed by atoms with Crippen LogP contribution in [0.3, 0.4) is 0 Å². The highest BCUT2D eigenvalue weighted by atomic mass is 35.5. The molecule has 0 saturated carbocycles. The number of amides is 2. The molecule has 1 saturated heterocycles. The van der Waals surface area contributed by atoms with Crippen LogP contribution in [0, 0.1) is 0 Å². The van der Waals surface area contributed by atoms with Crippen LogP contribution < -0.4 is 16.0 Å². The van der Waals surface area contributed by atoms with Crippen LogP contribution in [-0.2, 0) is 14.3 Å². The van der Waals surface area contributed by atoms with Gasteiger partial charge < -0.3 is 20.7 Å². The average molecular weight is 312 g/mol. The van der Waals surface area contributed by atoms with Gasteiger partial charge in [-0.2, -0.15) is 0 Å². The number of rotatable bonds is 4. The van der Waals surface area contributed by atoms with Crippen LogP contribution in [0.25, 0.3) is 0 Å². The molecule has 1 unspecified atom stereocenters. The lowest BCUT2D eigenvalue weighted by molar-refractivity contribution is -0.119. The van der Waals surface area contributed by atoms with Gasteiger partial charge in [-0.05, 0) is 18.2 Å². The molecule has 114 valence electrons. The van der Waals surface area contributed by atoms with Crippen LogP contribution in [0.4, 0.5) is 11.4 Å². The van der Waals surface area contributed by atoms with E-state index >= 15 is 0 Å². The average Bonchev–Trinajstić information content (AvgIpc) is 2.42. The summed E-state index contributed by atoms with van der Waals surface area (Å²) in [5.74, 6) is -0.331. The first-order valence-electron chi connectivity index (χ1n) is 6.74. The predicted octanol–water partition coefficient (Wildman–Crippen LogP) is 1.62. The maximum Gasteiger partial charge on any atom is 0.227 e.